The Labute approximate surface area is 118 Å². The number of carbonyl (C=O) groups is 3. The maximum absolute atomic E-state index is 11.4. The lowest BCUT2D eigenvalue weighted by Gasteiger charge is -2.13. The second kappa shape index (κ2) is 10.0. The number of carbonyl (C=O) groups excluding carboxylic acids is 2. The minimum absolute atomic E-state index is 0.354. The second-order valence-corrected chi connectivity index (χ2v) is 4.78. The highest BCUT2D eigenvalue weighted by Gasteiger charge is 2.21. The highest BCUT2D eigenvalue weighted by Crippen LogP contribution is 1.93. The number of hydrogen-bond donors (Lipinski definition) is 4. The Morgan fingerprint density at radius 1 is 1.30 bits per heavy atom. The van der Waals surface area contributed by atoms with E-state index in [1.807, 2.05) is 13.8 Å². The first-order chi connectivity index (χ1) is 9.32. The van der Waals surface area contributed by atoms with Gasteiger partial charge >= 0.3 is 12.0 Å². The molecule has 0 saturated heterocycles. The van der Waals surface area contributed by atoms with Crippen LogP contribution in [0.4, 0.5) is 4.79 Å². The Kier molecular flexibility index (Phi) is 9.10. The number of urea groups is 1. The van der Waals surface area contributed by atoms with E-state index in [9.17, 15) is 14.4 Å². The molecule has 116 valence electrons. The van der Waals surface area contributed by atoms with Gasteiger partial charge in [-0.15, -0.1) is 0 Å². The minimum atomic E-state index is -1.32. The molecule has 0 aliphatic carbocycles. The average molecular weight is 289 g/mol. The van der Waals surface area contributed by atoms with Crippen LogP contribution in [0.15, 0.2) is 0 Å². The van der Waals surface area contributed by atoms with Gasteiger partial charge in [0, 0.05) is 19.8 Å². The zero-order valence-corrected chi connectivity index (χ0v) is 11.8. The predicted octanol–water partition coefficient (Wildman–Crippen LogP) is -0.323. The van der Waals surface area contributed by atoms with E-state index in [1.165, 1.54) is 0 Å². The molecule has 0 rings (SSSR count). The third-order valence-electron chi connectivity index (χ3n) is 2.21. The standard InChI is InChI=1S/C12H23N3O5/c1-8(2)7-20-5-3-4-14-12(19)15-9(11(17)18)6-10(13)16/h8-9H,3-7H2,1-2H3,(H2,13,16)(H,17,18)(H2,14,15,19). The van der Waals surface area contributed by atoms with Crippen LogP contribution in [0, 0.1) is 5.92 Å². The molecule has 0 fully saturated rings. The molecule has 0 aliphatic heterocycles. The van der Waals surface area contributed by atoms with Crippen molar-refractivity contribution in [2.45, 2.75) is 32.7 Å². The number of nitrogens with one attached hydrogen (secondary N) is 2. The van der Waals surface area contributed by atoms with Crippen molar-refractivity contribution in [3.63, 3.8) is 0 Å². The third kappa shape index (κ3) is 10.1. The molecule has 0 saturated carbocycles. The highest BCUT2D eigenvalue weighted by molar-refractivity contribution is 5.87. The summed E-state index contributed by atoms with van der Waals surface area (Å²) in [6, 6.07) is -1.97. The van der Waals surface area contributed by atoms with Gasteiger partial charge in [0.05, 0.1) is 6.42 Å². The molecule has 0 heterocycles. The topological polar surface area (TPSA) is 131 Å². The average Bonchev–Trinajstić information content (AvgIpc) is 2.31. The Hall–Kier alpha value is -1.83. The van der Waals surface area contributed by atoms with Crippen molar-refractivity contribution >= 4 is 17.9 Å². The van der Waals surface area contributed by atoms with Gasteiger partial charge in [0.2, 0.25) is 5.91 Å². The van der Waals surface area contributed by atoms with Crippen LogP contribution < -0.4 is 16.4 Å². The Bertz CT molecular complexity index is 333. The molecule has 5 N–H and O–H groups in total. The van der Waals surface area contributed by atoms with Crippen molar-refractivity contribution in [3.05, 3.63) is 0 Å². The first-order valence-electron chi connectivity index (χ1n) is 6.46. The number of carboxylic acids is 1. The Morgan fingerprint density at radius 2 is 1.95 bits per heavy atom. The quantitative estimate of drug-likeness (QED) is 0.409. The molecule has 8 nitrogen and oxygen atoms in total. The fourth-order valence-corrected chi connectivity index (χ4v) is 1.31. The molecule has 1 atom stereocenters. The number of rotatable bonds is 10. The second-order valence-electron chi connectivity index (χ2n) is 4.78. The highest BCUT2D eigenvalue weighted by atomic mass is 16.5. The zero-order chi connectivity index (χ0) is 15.5. The summed E-state index contributed by atoms with van der Waals surface area (Å²) in [7, 11) is 0. The van der Waals surface area contributed by atoms with Crippen molar-refractivity contribution in [2.75, 3.05) is 19.8 Å². The van der Waals surface area contributed by atoms with Gasteiger partial charge in [-0.05, 0) is 12.3 Å². The van der Waals surface area contributed by atoms with E-state index in [4.69, 9.17) is 15.6 Å². The van der Waals surface area contributed by atoms with Crippen LogP contribution in [0.2, 0.25) is 0 Å². The number of amides is 3. The van der Waals surface area contributed by atoms with Crippen LogP contribution in [0.25, 0.3) is 0 Å². The lowest BCUT2D eigenvalue weighted by atomic mass is 10.2. The summed E-state index contributed by atoms with van der Waals surface area (Å²) in [5.41, 5.74) is 4.90. The monoisotopic (exact) mass is 289 g/mol. The van der Waals surface area contributed by atoms with Crippen LogP contribution in [-0.4, -0.2) is 48.8 Å². The predicted molar refractivity (Wildman–Crippen MR) is 72.0 cm³/mol. The largest absolute Gasteiger partial charge is 0.480 e. The van der Waals surface area contributed by atoms with Crippen molar-refractivity contribution in [1.29, 1.82) is 0 Å². The van der Waals surface area contributed by atoms with Crippen LogP contribution in [-0.2, 0) is 14.3 Å². The van der Waals surface area contributed by atoms with Crippen LogP contribution in [0.1, 0.15) is 26.7 Å². The maximum atomic E-state index is 11.4. The summed E-state index contributed by atoms with van der Waals surface area (Å²) in [5, 5.41) is 13.4. The molecule has 1 unspecified atom stereocenters. The lowest BCUT2D eigenvalue weighted by molar-refractivity contribution is -0.140. The molecule has 0 aromatic carbocycles. The lowest BCUT2D eigenvalue weighted by Crippen LogP contribution is -2.47. The summed E-state index contributed by atoms with van der Waals surface area (Å²) in [6.07, 6.45) is 0.175. The fraction of sp³-hybridized carbons (Fsp3) is 0.750. The van der Waals surface area contributed by atoms with E-state index >= 15 is 0 Å². The minimum Gasteiger partial charge on any atom is -0.480 e. The van der Waals surface area contributed by atoms with Gasteiger partial charge in [-0.1, -0.05) is 13.8 Å². The first-order valence-corrected chi connectivity index (χ1v) is 6.46. The third-order valence-corrected chi connectivity index (χ3v) is 2.21. The smallest absolute Gasteiger partial charge is 0.326 e. The zero-order valence-electron chi connectivity index (χ0n) is 11.8. The Morgan fingerprint density at radius 3 is 2.45 bits per heavy atom. The fourth-order valence-electron chi connectivity index (χ4n) is 1.31. The van der Waals surface area contributed by atoms with Crippen LogP contribution in [0.3, 0.4) is 0 Å². The molecular weight excluding hydrogens is 266 g/mol. The molecule has 0 bridgehead atoms. The molecule has 8 heteroatoms. The first kappa shape index (κ1) is 18.2. The summed E-state index contributed by atoms with van der Waals surface area (Å²) in [4.78, 5) is 32.8. The molecule has 0 radical (unpaired) electrons. The molecule has 0 aromatic rings. The van der Waals surface area contributed by atoms with Crippen LogP contribution in [0.5, 0.6) is 0 Å². The number of ether oxygens (including phenoxy) is 1. The van der Waals surface area contributed by atoms with Gasteiger partial charge in [-0.25, -0.2) is 9.59 Å². The van der Waals surface area contributed by atoms with E-state index in [1.54, 1.807) is 0 Å². The number of hydrogen-bond acceptors (Lipinski definition) is 4. The van der Waals surface area contributed by atoms with Crippen molar-refractivity contribution in [2.24, 2.45) is 11.7 Å². The van der Waals surface area contributed by atoms with E-state index < -0.39 is 30.4 Å². The van der Waals surface area contributed by atoms with Crippen molar-refractivity contribution in [3.8, 4) is 0 Å². The van der Waals surface area contributed by atoms with Gasteiger partial charge < -0.3 is 26.2 Å². The number of primary amides is 1. The Balaban J connectivity index is 3.80. The van der Waals surface area contributed by atoms with E-state index in [0.717, 1.165) is 0 Å². The molecular formula is C12H23N3O5. The molecule has 3 amide bonds. The number of nitrogens with two attached hydrogens (primary N) is 1. The maximum Gasteiger partial charge on any atom is 0.326 e. The van der Waals surface area contributed by atoms with E-state index in [2.05, 4.69) is 10.6 Å². The van der Waals surface area contributed by atoms with Crippen LogP contribution >= 0.6 is 0 Å². The summed E-state index contributed by atoms with van der Waals surface area (Å²) in [5.74, 6) is -1.64. The van der Waals surface area contributed by atoms with Gasteiger partial charge in [0.1, 0.15) is 6.04 Å². The number of aliphatic carboxylic acids is 1. The van der Waals surface area contributed by atoms with Gasteiger partial charge in [-0.2, -0.15) is 0 Å². The van der Waals surface area contributed by atoms with Gasteiger partial charge in [0.25, 0.3) is 0 Å². The summed E-state index contributed by atoms with van der Waals surface area (Å²) >= 11 is 0. The van der Waals surface area contributed by atoms with E-state index in [0.29, 0.717) is 32.1 Å². The number of carboxylic acid groups (broad SMARTS) is 1. The molecule has 0 spiro atoms. The normalized spacial score (nSPS) is 11.9. The van der Waals surface area contributed by atoms with Crippen molar-refractivity contribution in [1.82, 2.24) is 10.6 Å². The van der Waals surface area contributed by atoms with Gasteiger partial charge in [0.15, 0.2) is 0 Å². The SMILES string of the molecule is CC(C)COCCCNC(=O)NC(CC(N)=O)C(=O)O. The van der Waals surface area contributed by atoms with E-state index in [-0.39, 0.29) is 0 Å². The molecule has 0 aromatic heterocycles. The van der Waals surface area contributed by atoms with Crippen molar-refractivity contribution < 1.29 is 24.2 Å². The summed E-state index contributed by atoms with van der Waals surface area (Å²) < 4.78 is 5.32. The summed E-state index contributed by atoms with van der Waals surface area (Å²) in [6.45, 7) is 5.60. The van der Waals surface area contributed by atoms with Gasteiger partial charge in [-0.3, -0.25) is 4.79 Å². The molecule has 20 heavy (non-hydrogen) atoms. The molecule has 0 aliphatic rings.